The summed E-state index contributed by atoms with van der Waals surface area (Å²) in [7, 11) is 0. The van der Waals surface area contributed by atoms with Gasteiger partial charge in [0.25, 0.3) is 0 Å². The Hall–Kier alpha value is -3.52. The molecule has 1 aliphatic heterocycles. The average Bonchev–Trinajstić information content (AvgIpc) is 3.32. The van der Waals surface area contributed by atoms with Gasteiger partial charge >= 0.3 is 0 Å². The topological polar surface area (TPSA) is 97.6 Å². The van der Waals surface area contributed by atoms with Crippen molar-refractivity contribution in [1.82, 2.24) is 15.0 Å². The number of nitrogens with zero attached hydrogens (tertiary/aromatic N) is 4. The molecule has 8 nitrogen and oxygen atoms in total. The molecule has 2 aromatic carbocycles. The summed E-state index contributed by atoms with van der Waals surface area (Å²) in [5.74, 6) is -0.232. The summed E-state index contributed by atoms with van der Waals surface area (Å²) < 4.78 is 7.33. The lowest BCUT2D eigenvalue weighted by Crippen LogP contribution is -2.30. The fourth-order valence-corrected chi connectivity index (χ4v) is 4.24. The van der Waals surface area contributed by atoms with Gasteiger partial charge in [-0.2, -0.15) is 0 Å². The van der Waals surface area contributed by atoms with Crippen molar-refractivity contribution in [2.75, 3.05) is 11.5 Å². The van der Waals surface area contributed by atoms with Gasteiger partial charge < -0.3 is 9.84 Å². The summed E-state index contributed by atoms with van der Waals surface area (Å²) in [6, 6.07) is 14.4. The minimum Gasteiger partial charge on any atom is -0.491 e. The van der Waals surface area contributed by atoms with Gasteiger partial charge in [-0.05, 0) is 49.2 Å². The second-order valence-corrected chi connectivity index (χ2v) is 7.89. The summed E-state index contributed by atoms with van der Waals surface area (Å²) >= 11 is 0. The summed E-state index contributed by atoms with van der Waals surface area (Å²) in [4.78, 5) is 26.7. The number of carbonyl (C=O) groups is 2. The van der Waals surface area contributed by atoms with Gasteiger partial charge in [-0.25, -0.2) is 4.68 Å². The molecule has 0 bridgehead atoms. The Kier molecular flexibility index (Phi) is 4.99. The van der Waals surface area contributed by atoms with Crippen LogP contribution < -0.4 is 9.64 Å². The maximum Gasteiger partial charge on any atom is 0.238 e. The van der Waals surface area contributed by atoms with Gasteiger partial charge in [0.1, 0.15) is 24.0 Å². The van der Waals surface area contributed by atoms with Gasteiger partial charge in [0, 0.05) is 0 Å². The van der Waals surface area contributed by atoms with Crippen LogP contribution >= 0.6 is 0 Å². The lowest BCUT2D eigenvalue weighted by molar-refractivity contribution is -0.122. The lowest BCUT2D eigenvalue weighted by Gasteiger charge is -2.16. The third-order valence-electron chi connectivity index (χ3n) is 5.85. The van der Waals surface area contributed by atoms with Crippen molar-refractivity contribution in [3.63, 3.8) is 0 Å². The van der Waals surface area contributed by atoms with E-state index in [-0.39, 0.29) is 36.8 Å². The van der Waals surface area contributed by atoms with Gasteiger partial charge in [-0.3, -0.25) is 14.5 Å². The largest absolute Gasteiger partial charge is 0.491 e. The van der Waals surface area contributed by atoms with E-state index in [1.807, 2.05) is 36.4 Å². The van der Waals surface area contributed by atoms with Crippen LogP contribution in [0.4, 0.5) is 5.69 Å². The fraction of sp³-hybridized carbons (Fsp3) is 0.304. The predicted octanol–water partition coefficient (Wildman–Crippen LogP) is 2.33. The Morgan fingerprint density at radius 3 is 2.39 bits per heavy atom. The number of hydrogen-bond acceptors (Lipinski definition) is 6. The smallest absolute Gasteiger partial charge is 0.238 e. The van der Waals surface area contributed by atoms with Crippen LogP contribution in [-0.4, -0.2) is 44.6 Å². The van der Waals surface area contributed by atoms with Crippen molar-refractivity contribution in [2.45, 2.75) is 25.5 Å². The van der Waals surface area contributed by atoms with Crippen LogP contribution in [0.15, 0.2) is 60.7 Å². The highest BCUT2D eigenvalue weighted by molar-refractivity contribution is 6.22. The molecule has 1 saturated heterocycles. The summed E-state index contributed by atoms with van der Waals surface area (Å²) in [6.45, 7) is 0.330. The molecule has 0 radical (unpaired) electrons. The molecule has 0 saturated carbocycles. The van der Waals surface area contributed by atoms with Crippen LogP contribution in [0.1, 0.15) is 12.8 Å². The number of benzene rings is 2. The maximum absolute atomic E-state index is 12.7. The number of amides is 2. The van der Waals surface area contributed by atoms with E-state index >= 15 is 0 Å². The van der Waals surface area contributed by atoms with Crippen molar-refractivity contribution in [1.29, 1.82) is 0 Å². The first-order valence-electron chi connectivity index (χ1n) is 10.3. The van der Waals surface area contributed by atoms with Crippen LogP contribution in [0.5, 0.6) is 5.75 Å². The summed E-state index contributed by atoms with van der Waals surface area (Å²) in [5, 5.41) is 18.5. The van der Waals surface area contributed by atoms with Crippen molar-refractivity contribution >= 4 is 28.5 Å². The van der Waals surface area contributed by atoms with Crippen molar-refractivity contribution < 1.29 is 19.4 Å². The van der Waals surface area contributed by atoms with Crippen molar-refractivity contribution in [3.8, 4) is 5.75 Å². The van der Waals surface area contributed by atoms with Crippen LogP contribution in [0.3, 0.4) is 0 Å². The predicted molar refractivity (Wildman–Crippen MR) is 113 cm³/mol. The van der Waals surface area contributed by atoms with E-state index in [1.54, 1.807) is 28.9 Å². The average molecular weight is 418 g/mol. The molecule has 1 aliphatic carbocycles. The number of carbonyl (C=O) groups excluding carboxylic acids is 2. The Balaban J connectivity index is 1.21. The molecule has 5 rings (SSSR count). The number of fused-ring (bicyclic) bond motifs is 2. The van der Waals surface area contributed by atoms with Crippen LogP contribution in [0.2, 0.25) is 0 Å². The quantitative estimate of drug-likeness (QED) is 0.487. The number of rotatable bonds is 6. The number of ether oxygens (including phenoxy) is 1. The van der Waals surface area contributed by atoms with Crippen LogP contribution in [0.25, 0.3) is 11.0 Å². The van der Waals surface area contributed by atoms with Crippen molar-refractivity contribution in [2.24, 2.45) is 11.8 Å². The molecule has 0 spiro atoms. The zero-order valence-corrected chi connectivity index (χ0v) is 16.8. The molecule has 158 valence electrons. The van der Waals surface area contributed by atoms with Gasteiger partial charge in [-0.1, -0.05) is 29.5 Å². The molecular weight excluding hydrogens is 396 g/mol. The standard InChI is InChI=1S/C23H22N4O4/c28-16(13-26-21-8-4-3-7-20(21)24-25-26)14-31-17-11-9-15(10-12-17)27-22(29)18-5-1-2-6-19(18)23(27)30/h1-4,7-12,16,18-19,28H,5-6,13-14H2/t16-,18-,19-/m1/s1. The summed E-state index contributed by atoms with van der Waals surface area (Å²) in [5.41, 5.74) is 2.17. The molecule has 2 amide bonds. The molecule has 8 heteroatoms. The monoisotopic (exact) mass is 418 g/mol. The number of aliphatic hydroxyl groups is 1. The number of imide groups is 1. The first-order valence-corrected chi connectivity index (χ1v) is 10.3. The number of aliphatic hydroxyl groups excluding tert-OH is 1. The Morgan fingerprint density at radius 2 is 1.68 bits per heavy atom. The minimum absolute atomic E-state index is 0.0743. The zero-order valence-electron chi connectivity index (χ0n) is 16.8. The minimum atomic E-state index is -0.776. The van der Waals surface area contributed by atoms with E-state index < -0.39 is 6.10 Å². The zero-order chi connectivity index (χ0) is 21.4. The first-order chi connectivity index (χ1) is 15.1. The second-order valence-electron chi connectivity index (χ2n) is 7.89. The number of aromatic nitrogens is 3. The number of anilines is 1. The van der Waals surface area contributed by atoms with E-state index in [0.29, 0.717) is 24.3 Å². The third kappa shape index (κ3) is 3.59. The lowest BCUT2D eigenvalue weighted by atomic mass is 9.85. The number of allylic oxidation sites excluding steroid dienone is 2. The SMILES string of the molecule is O=C1[C@@H]2CC=CC[C@H]2C(=O)N1c1ccc(OC[C@H](O)Cn2nnc3ccccc32)cc1. The van der Waals surface area contributed by atoms with Gasteiger partial charge in [0.15, 0.2) is 0 Å². The highest BCUT2D eigenvalue weighted by Crippen LogP contribution is 2.37. The molecule has 3 aromatic rings. The van der Waals surface area contributed by atoms with E-state index in [4.69, 9.17) is 4.74 Å². The highest BCUT2D eigenvalue weighted by atomic mass is 16.5. The molecule has 3 atom stereocenters. The maximum atomic E-state index is 12.7. The fourth-order valence-electron chi connectivity index (χ4n) is 4.24. The second kappa shape index (κ2) is 7.96. The molecular formula is C23H22N4O4. The van der Waals surface area contributed by atoms with Gasteiger partial charge in [0.05, 0.1) is 29.6 Å². The molecule has 0 unspecified atom stereocenters. The van der Waals surface area contributed by atoms with Crippen LogP contribution in [-0.2, 0) is 16.1 Å². The highest BCUT2D eigenvalue weighted by Gasteiger charge is 2.47. The van der Waals surface area contributed by atoms with Gasteiger partial charge in [0.2, 0.25) is 11.8 Å². The van der Waals surface area contributed by atoms with E-state index in [0.717, 1.165) is 11.0 Å². The molecule has 2 aliphatic rings. The van der Waals surface area contributed by atoms with E-state index in [9.17, 15) is 14.7 Å². The Labute approximate surface area is 178 Å². The Bertz CT molecular complexity index is 1130. The van der Waals surface area contributed by atoms with E-state index in [2.05, 4.69) is 10.3 Å². The summed E-state index contributed by atoms with van der Waals surface area (Å²) in [6.07, 6.45) is 4.40. The Morgan fingerprint density at radius 1 is 1.00 bits per heavy atom. The number of hydrogen-bond donors (Lipinski definition) is 1. The first kappa shape index (κ1) is 19.4. The van der Waals surface area contributed by atoms with Crippen molar-refractivity contribution in [3.05, 3.63) is 60.7 Å². The van der Waals surface area contributed by atoms with Crippen LogP contribution in [0, 0.1) is 11.8 Å². The molecule has 2 heterocycles. The molecule has 31 heavy (non-hydrogen) atoms. The number of para-hydroxylation sites is 1. The normalized spacial score (nSPS) is 21.5. The van der Waals surface area contributed by atoms with Gasteiger partial charge in [-0.15, -0.1) is 5.10 Å². The molecule has 1 N–H and O–H groups in total. The third-order valence-corrected chi connectivity index (χ3v) is 5.85. The molecule has 1 fully saturated rings. The van der Waals surface area contributed by atoms with E-state index in [1.165, 1.54) is 4.90 Å². The molecule has 1 aromatic heterocycles.